The summed E-state index contributed by atoms with van der Waals surface area (Å²) in [6.07, 6.45) is 5.47. The van der Waals surface area contributed by atoms with Crippen LogP contribution in [-0.2, 0) is 12.6 Å². The molecule has 0 N–H and O–H groups in total. The van der Waals surface area contributed by atoms with Crippen LogP contribution in [0.2, 0.25) is 5.02 Å². The third-order valence-electron chi connectivity index (χ3n) is 7.48. The number of alkyl halides is 3. The first-order valence-corrected chi connectivity index (χ1v) is 12.4. The van der Waals surface area contributed by atoms with Crippen molar-refractivity contribution in [3.05, 3.63) is 82.0 Å². The summed E-state index contributed by atoms with van der Waals surface area (Å²) in [5, 5.41) is 3.08. The lowest BCUT2D eigenvalue weighted by molar-refractivity contribution is -0.137. The molecule has 7 heteroatoms. The van der Waals surface area contributed by atoms with Crippen LogP contribution in [-0.4, -0.2) is 31.2 Å². The Hall–Kier alpha value is -2.99. The van der Waals surface area contributed by atoms with Crippen molar-refractivity contribution in [2.45, 2.75) is 31.9 Å². The lowest BCUT2D eigenvalue weighted by atomic mass is 9.79. The smallest absolute Gasteiger partial charge is 0.367 e. The monoisotopic (exact) mass is 495 g/mol. The third-order valence-corrected chi connectivity index (χ3v) is 7.81. The number of fused-ring (bicyclic) bond motifs is 4. The fourth-order valence-corrected chi connectivity index (χ4v) is 5.90. The van der Waals surface area contributed by atoms with Crippen LogP contribution in [0.4, 0.5) is 24.7 Å². The van der Waals surface area contributed by atoms with Crippen molar-refractivity contribution in [2.75, 3.05) is 36.0 Å². The van der Waals surface area contributed by atoms with Gasteiger partial charge in [-0.05, 0) is 66.6 Å². The lowest BCUT2D eigenvalue weighted by Crippen LogP contribution is -2.47. The maximum atomic E-state index is 12.9. The van der Waals surface area contributed by atoms with Crippen molar-refractivity contribution in [1.29, 1.82) is 0 Å². The highest BCUT2D eigenvalue weighted by Crippen LogP contribution is 2.44. The molecular formula is C28H25ClF3N3. The van der Waals surface area contributed by atoms with E-state index in [2.05, 4.69) is 40.2 Å². The highest BCUT2D eigenvalue weighted by atomic mass is 35.5. The van der Waals surface area contributed by atoms with Gasteiger partial charge in [0.15, 0.2) is 0 Å². The average molecular weight is 496 g/mol. The van der Waals surface area contributed by atoms with Gasteiger partial charge in [-0.25, -0.2) is 4.98 Å². The maximum Gasteiger partial charge on any atom is 0.417 e. The number of rotatable bonds is 2. The van der Waals surface area contributed by atoms with Crippen LogP contribution in [0, 0.1) is 0 Å². The Kier molecular flexibility index (Phi) is 5.52. The molecule has 180 valence electrons. The van der Waals surface area contributed by atoms with Crippen molar-refractivity contribution in [3.63, 3.8) is 0 Å². The van der Waals surface area contributed by atoms with Crippen LogP contribution in [0.15, 0.2) is 60.3 Å². The second-order valence-corrected chi connectivity index (χ2v) is 9.82. The van der Waals surface area contributed by atoms with Gasteiger partial charge in [-0.2, -0.15) is 13.2 Å². The first-order valence-electron chi connectivity index (χ1n) is 12.1. The zero-order valence-electron chi connectivity index (χ0n) is 19.2. The molecule has 3 aromatic rings. The Labute approximate surface area is 207 Å². The van der Waals surface area contributed by atoms with Gasteiger partial charge in [0.05, 0.1) is 5.56 Å². The topological polar surface area (TPSA) is 19.4 Å². The van der Waals surface area contributed by atoms with Gasteiger partial charge < -0.3 is 9.80 Å². The Morgan fingerprint density at radius 1 is 0.857 bits per heavy atom. The van der Waals surface area contributed by atoms with E-state index in [1.54, 1.807) is 5.57 Å². The molecule has 1 aromatic heterocycles. The number of halogens is 4. The minimum Gasteiger partial charge on any atom is -0.367 e. The van der Waals surface area contributed by atoms with Crippen molar-refractivity contribution in [3.8, 4) is 0 Å². The average Bonchev–Trinajstić information content (AvgIpc) is 2.88. The molecule has 2 aromatic carbocycles. The number of aromatic nitrogens is 1. The fourth-order valence-electron chi connectivity index (χ4n) is 5.68. The number of aryl methyl sites for hydroxylation is 1. The highest BCUT2D eigenvalue weighted by molar-refractivity contribution is 6.36. The summed E-state index contributed by atoms with van der Waals surface area (Å²) in [4.78, 5) is 8.51. The van der Waals surface area contributed by atoms with Crippen LogP contribution in [0.25, 0.3) is 16.3 Å². The van der Waals surface area contributed by atoms with Gasteiger partial charge in [0.25, 0.3) is 0 Å². The number of pyridine rings is 1. The molecule has 0 amide bonds. The van der Waals surface area contributed by atoms with E-state index in [0.29, 0.717) is 18.9 Å². The predicted molar refractivity (Wildman–Crippen MR) is 136 cm³/mol. The van der Waals surface area contributed by atoms with Gasteiger partial charge in [0, 0.05) is 53.9 Å². The van der Waals surface area contributed by atoms with E-state index in [1.165, 1.54) is 33.8 Å². The van der Waals surface area contributed by atoms with E-state index < -0.39 is 11.7 Å². The van der Waals surface area contributed by atoms with E-state index in [1.807, 2.05) is 11.0 Å². The SMILES string of the molecule is FC(F)(F)c1ccc(N2CCN(c3ccc(Cl)c4ccc5c(c34)CCC3=C5C=CCC3)CC2)nc1. The standard InChI is InChI=1S/C28H25ClF3N3/c29-24-10-11-25(27-22-7-5-18-3-1-2-4-20(18)21(22)8-9-23(24)27)34-13-15-35(16-14-34)26-12-6-19(17-33-26)28(30,31)32/h2,4,6,8-12,17H,1,3,5,7,13-16H2. The third kappa shape index (κ3) is 3.98. The minimum absolute atomic E-state index is 0.583. The maximum absolute atomic E-state index is 12.9. The summed E-state index contributed by atoms with van der Waals surface area (Å²) in [6.45, 7) is 2.90. The zero-order valence-corrected chi connectivity index (χ0v) is 20.0. The quantitative estimate of drug-likeness (QED) is 0.372. The zero-order chi connectivity index (χ0) is 24.2. The highest BCUT2D eigenvalue weighted by Gasteiger charge is 2.31. The van der Waals surface area contributed by atoms with E-state index in [0.717, 1.165) is 61.4 Å². The summed E-state index contributed by atoms with van der Waals surface area (Å²) < 4.78 is 38.7. The van der Waals surface area contributed by atoms with Crippen LogP contribution >= 0.6 is 11.6 Å². The first kappa shape index (κ1) is 22.5. The summed E-state index contributed by atoms with van der Waals surface area (Å²) in [7, 11) is 0. The van der Waals surface area contributed by atoms with Crippen molar-refractivity contribution < 1.29 is 13.2 Å². The molecule has 3 aliphatic rings. The number of nitrogens with zero attached hydrogens (tertiary/aromatic N) is 3. The summed E-state index contributed by atoms with van der Waals surface area (Å²) in [6, 6.07) is 11.1. The lowest BCUT2D eigenvalue weighted by Gasteiger charge is -2.38. The Morgan fingerprint density at radius 3 is 2.40 bits per heavy atom. The Balaban J connectivity index is 1.31. The number of benzene rings is 2. The van der Waals surface area contributed by atoms with Gasteiger partial charge in [0.2, 0.25) is 0 Å². The van der Waals surface area contributed by atoms with E-state index >= 15 is 0 Å². The molecule has 0 atom stereocenters. The molecule has 1 saturated heterocycles. The molecule has 0 saturated carbocycles. The predicted octanol–water partition coefficient (Wildman–Crippen LogP) is 7.28. The second kappa shape index (κ2) is 8.59. The largest absolute Gasteiger partial charge is 0.417 e. The van der Waals surface area contributed by atoms with E-state index in [4.69, 9.17) is 11.6 Å². The molecule has 6 rings (SSSR count). The van der Waals surface area contributed by atoms with Gasteiger partial charge in [-0.15, -0.1) is 0 Å². The molecule has 1 fully saturated rings. The number of hydrogen-bond acceptors (Lipinski definition) is 3. The molecule has 35 heavy (non-hydrogen) atoms. The summed E-state index contributed by atoms with van der Waals surface area (Å²) in [5.74, 6) is 0.583. The van der Waals surface area contributed by atoms with Crippen LogP contribution in [0.5, 0.6) is 0 Å². The summed E-state index contributed by atoms with van der Waals surface area (Å²) >= 11 is 6.65. The number of allylic oxidation sites excluding steroid dienone is 4. The molecule has 2 aliphatic carbocycles. The normalized spacial score (nSPS) is 18.2. The number of piperazine rings is 1. The molecular weight excluding hydrogens is 471 g/mol. The molecule has 3 nitrogen and oxygen atoms in total. The van der Waals surface area contributed by atoms with E-state index in [-0.39, 0.29) is 0 Å². The van der Waals surface area contributed by atoms with Gasteiger partial charge in [0.1, 0.15) is 5.82 Å². The van der Waals surface area contributed by atoms with Gasteiger partial charge in [-0.3, -0.25) is 0 Å². The van der Waals surface area contributed by atoms with Crippen molar-refractivity contribution in [1.82, 2.24) is 4.98 Å². The van der Waals surface area contributed by atoms with Gasteiger partial charge in [-0.1, -0.05) is 41.5 Å². The van der Waals surface area contributed by atoms with Crippen molar-refractivity contribution >= 4 is 39.5 Å². The summed E-state index contributed by atoms with van der Waals surface area (Å²) in [5.41, 5.74) is 6.10. The second-order valence-electron chi connectivity index (χ2n) is 9.42. The number of anilines is 2. The van der Waals surface area contributed by atoms with Crippen molar-refractivity contribution in [2.24, 2.45) is 0 Å². The minimum atomic E-state index is -4.37. The molecule has 0 radical (unpaired) electrons. The van der Waals surface area contributed by atoms with Crippen LogP contribution < -0.4 is 9.80 Å². The van der Waals surface area contributed by atoms with E-state index in [9.17, 15) is 13.2 Å². The molecule has 2 heterocycles. The Bertz CT molecular complexity index is 1350. The number of hydrogen-bond donors (Lipinski definition) is 0. The van der Waals surface area contributed by atoms with Crippen LogP contribution in [0.3, 0.4) is 0 Å². The fraction of sp³-hybridized carbons (Fsp3) is 0.321. The van der Waals surface area contributed by atoms with Crippen LogP contribution in [0.1, 0.15) is 36.0 Å². The first-order chi connectivity index (χ1) is 16.9. The molecule has 0 bridgehead atoms. The molecule has 1 aliphatic heterocycles. The van der Waals surface area contributed by atoms with Gasteiger partial charge >= 0.3 is 6.18 Å². The molecule has 0 unspecified atom stereocenters. The Morgan fingerprint density at radius 2 is 1.66 bits per heavy atom. The molecule has 0 spiro atoms.